The minimum Gasteiger partial charge on any atom is -0.388 e. The highest BCUT2D eigenvalue weighted by Crippen LogP contribution is 2.30. The van der Waals surface area contributed by atoms with E-state index in [-0.39, 0.29) is 0 Å². The first-order valence-corrected chi connectivity index (χ1v) is 5.98. The molecule has 0 saturated carbocycles. The fourth-order valence-corrected chi connectivity index (χ4v) is 2.29. The van der Waals surface area contributed by atoms with E-state index in [0.29, 0.717) is 19.4 Å². The lowest BCUT2D eigenvalue weighted by Gasteiger charge is -2.32. The van der Waals surface area contributed by atoms with Crippen LogP contribution in [0.25, 0.3) is 0 Å². The highest BCUT2D eigenvalue weighted by molar-refractivity contribution is 5.25. The van der Waals surface area contributed by atoms with Crippen molar-refractivity contribution in [3.05, 3.63) is 35.4 Å². The zero-order valence-corrected chi connectivity index (χ0v) is 9.93. The van der Waals surface area contributed by atoms with E-state index in [1.54, 1.807) is 0 Å². The Morgan fingerprint density at radius 2 is 1.89 bits per heavy atom. The van der Waals surface area contributed by atoms with Gasteiger partial charge in [0.05, 0.1) is 11.2 Å². The first kappa shape index (κ1) is 13.4. The third-order valence-electron chi connectivity index (χ3n) is 3.26. The molecular weight excluding hydrogens is 243 g/mol. The molecule has 1 unspecified atom stereocenters. The molecule has 2 N–H and O–H groups in total. The van der Waals surface area contributed by atoms with Crippen molar-refractivity contribution in [2.45, 2.75) is 31.0 Å². The van der Waals surface area contributed by atoms with Crippen molar-refractivity contribution in [1.29, 1.82) is 0 Å². The van der Waals surface area contributed by atoms with E-state index in [1.807, 2.05) is 0 Å². The van der Waals surface area contributed by atoms with Gasteiger partial charge in [0.2, 0.25) is 0 Å². The Morgan fingerprint density at radius 1 is 1.22 bits per heavy atom. The normalized spacial score (nSPS) is 25.1. The molecular formula is C13H16F3NO. The Bertz CT molecular complexity index is 394. The predicted molar refractivity (Wildman–Crippen MR) is 62.2 cm³/mol. The molecule has 18 heavy (non-hydrogen) atoms. The summed E-state index contributed by atoms with van der Waals surface area (Å²) < 4.78 is 37.2. The molecule has 100 valence electrons. The number of rotatable bonds is 2. The first-order valence-electron chi connectivity index (χ1n) is 5.98. The summed E-state index contributed by atoms with van der Waals surface area (Å²) >= 11 is 0. The number of hydrogen-bond acceptors (Lipinski definition) is 2. The highest BCUT2D eigenvalue weighted by Gasteiger charge is 2.31. The molecule has 1 atom stereocenters. The van der Waals surface area contributed by atoms with E-state index in [9.17, 15) is 18.3 Å². The maximum atomic E-state index is 12.4. The van der Waals surface area contributed by atoms with E-state index in [4.69, 9.17) is 0 Å². The van der Waals surface area contributed by atoms with Crippen LogP contribution in [-0.2, 0) is 12.6 Å². The van der Waals surface area contributed by atoms with Gasteiger partial charge in [-0.2, -0.15) is 13.2 Å². The summed E-state index contributed by atoms with van der Waals surface area (Å²) in [5.74, 6) is 0. The molecule has 0 aliphatic carbocycles. The molecule has 5 heteroatoms. The molecule has 1 aliphatic heterocycles. The smallest absolute Gasteiger partial charge is 0.388 e. The van der Waals surface area contributed by atoms with Crippen LogP contribution in [-0.4, -0.2) is 23.8 Å². The van der Waals surface area contributed by atoms with Crippen molar-refractivity contribution in [3.8, 4) is 0 Å². The maximum absolute atomic E-state index is 12.4. The van der Waals surface area contributed by atoms with Gasteiger partial charge < -0.3 is 10.4 Å². The van der Waals surface area contributed by atoms with Crippen LogP contribution in [0, 0.1) is 0 Å². The van der Waals surface area contributed by atoms with Crippen LogP contribution in [0.4, 0.5) is 13.2 Å². The lowest BCUT2D eigenvalue weighted by molar-refractivity contribution is -0.137. The first-order chi connectivity index (χ1) is 8.39. The largest absolute Gasteiger partial charge is 0.416 e. The van der Waals surface area contributed by atoms with Crippen molar-refractivity contribution in [3.63, 3.8) is 0 Å². The van der Waals surface area contributed by atoms with Gasteiger partial charge >= 0.3 is 6.18 Å². The SMILES string of the molecule is OC1(Cc2ccc(C(F)(F)F)cc2)CCCNC1. The van der Waals surface area contributed by atoms with Crippen LogP contribution >= 0.6 is 0 Å². The van der Waals surface area contributed by atoms with Crippen molar-refractivity contribution in [1.82, 2.24) is 5.32 Å². The number of hydrogen-bond donors (Lipinski definition) is 2. The van der Waals surface area contributed by atoms with Gasteiger partial charge in [-0.1, -0.05) is 12.1 Å². The highest BCUT2D eigenvalue weighted by atomic mass is 19.4. The lowest BCUT2D eigenvalue weighted by Crippen LogP contribution is -2.47. The monoisotopic (exact) mass is 259 g/mol. The second-order valence-corrected chi connectivity index (χ2v) is 4.88. The van der Waals surface area contributed by atoms with E-state index in [0.717, 1.165) is 30.7 Å². The summed E-state index contributed by atoms with van der Waals surface area (Å²) in [6.07, 6.45) is -2.35. The van der Waals surface area contributed by atoms with Crippen molar-refractivity contribution in [2.75, 3.05) is 13.1 Å². The van der Waals surface area contributed by atoms with Crippen LogP contribution in [0.15, 0.2) is 24.3 Å². The second-order valence-electron chi connectivity index (χ2n) is 4.88. The summed E-state index contributed by atoms with van der Waals surface area (Å²) in [5.41, 5.74) is -0.757. The number of halogens is 3. The van der Waals surface area contributed by atoms with Crippen molar-refractivity contribution in [2.24, 2.45) is 0 Å². The van der Waals surface area contributed by atoms with Crippen LogP contribution in [0.1, 0.15) is 24.0 Å². The minimum atomic E-state index is -4.30. The minimum absolute atomic E-state index is 0.387. The Hall–Kier alpha value is -1.07. The van der Waals surface area contributed by atoms with E-state index in [1.165, 1.54) is 12.1 Å². The van der Waals surface area contributed by atoms with Crippen molar-refractivity contribution >= 4 is 0 Å². The molecule has 0 spiro atoms. The zero-order chi connectivity index (χ0) is 13.2. The summed E-state index contributed by atoms with van der Waals surface area (Å²) in [5, 5.41) is 13.4. The van der Waals surface area contributed by atoms with Gasteiger partial charge in [0.1, 0.15) is 0 Å². The quantitative estimate of drug-likeness (QED) is 0.854. The average molecular weight is 259 g/mol. The van der Waals surface area contributed by atoms with Crippen LogP contribution < -0.4 is 5.32 Å². The molecule has 2 rings (SSSR count). The number of aliphatic hydroxyl groups is 1. The molecule has 1 saturated heterocycles. The number of piperidine rings is 1. The summed E-state index contributed by atoms with van der Waals surface area (Å²) in [6.45, 7) is 1.38. The molecule has 1 aliphatic rings. The van der Waals surface area contributed by atoms with Crippen LogP contribution in [0.5, 0.6) is 0 Å². The molecule has 0 radical (unpaired) electrons. The third-order valence-corrected chi connectivity index (χ3v) is 3.26. The topological polar surface area (TPSA) is 32.3 Å². The molecule has 0 bridgehead atoms. The Morgan fingerprint density at radius 3 is 2.39 bits per heavy atom. The Kier molecular flexibility index (Phi) is 3.64. The van der Waals surface area contributed by atoms with Gasteiger partial charge in [0, 0.05) is 13.0 Å². The van der Waals surface area contributed by atoms with Gasteiger partial charge in [-0.25, -0.2) is 0 Å². The fraction of sp³-hybridized carbons (Fsp3) is 0.538. The zero-order valence-electron chi connectivity index (χ0n) is 9.93. The molecule has 0 amide bonds. The maximum Gasteiger partial charge on any atom is 0.416 e. The van der Waals surface area contributed by atoms with Crippen molar-refractivity contribution < 1.29 is 18.3 Å². The van der Waals surface area contributed by atoms with Gasteiger partial charge in [-0.15, -0.1) is 0 Å². The van der Waals surface area contributed by atoms with Gasteiger partial charge in [0.25, 0.3) is 0 Å². The average Bonchev–Trinajstić information content (AvgIpc) is 2.29. The van der Waals surface area contributed by atoms with Gasteiger partial charge in [-0.3, -0.25) is 0 Å². The molecule has 1 aromatic rings. The predicted octanol–water partition coefficient (Wildman–Crippen LogP) is 2.36. The van der Waals surface area contributed by atoms with E-state index >= 15 is 0 Å². The number of nitrogens with one attached hydrogen (secondary N) is 1. The summed E-state index contributed by atoms with van der Waals surface area (Å²) in [6, 6.07) is 5.01. The van der Waals surface area contributed by atoms with Gasteiger partial charge in [0.15, 0.2) is 0 Å². The van der Waals surface area contributed by atoms with E-state index in [2.05, 4.69) is 5.32 Å². The number of benzene rings is 1. The van der Waals surface area contributed by atoms with Gasteiger partial charge in [-0.05, 0) is 37.1 Å². The Balaban J connectivity index is 2.06. The molecule has 1 aromatic carbocycles. The molecule has 2 nitrogen and oxygen atoms in total. The standard InChI is InChI=1S/C13H16F3NO/c14-13(15,16)11-4-2-10(3-5-11)8-12(18)6-1-7-17-9-12/h2-5,17-18H,1,6-9H2. The molecule has 1 heterocycles. The fourth-order valence-electron chi connectivity index (χ4n) is 2.29. The number of alkyl halides is 3. The molecule has 0 aromatic heterocycles. The van der Waals surface area contributed by atoms with Crippen LogP contribution in [0.2, 0.25) is 0 Å². The summed E-state index contributed by atoms with van der Waals surface area (Å²) in [4.78, 5) is 0. The Labute approximate surface area is 104 Å². The van der Waals surface area contributed by atoms with Crippen LogP contribution in [0.3, 0.4) is 0 Å². The lowest BCUT2D eigenvalue weighted by atomic mass is 9.87. The summed E-state index contributed by atoms with van der Waals surface area (Å²) in [7, 11) is 0. The number of β-amino-alcohol motifs (C(OH)–C–C–N with tert-alkyl or cyclic N) is 1. The van der Waals surface area contributed by atoms with E-state index < -0.39 is 17.3 Å². The second kappa shape index (κ2) is 4.90. The molecule has 1 fully saturated rings. The third kappa shape index (κ3) is 3.23.